The number of benzene rings is 2. The average Bonchev–Trinajstić information content (AvgIpc) is 3.31. The molecule has 3 N–H and O–H groups in total. The van der Waals surface area contributed by atoms with Crippen molar-refractivity contribution in [1.82, 2.24) is 19.9 Å². The van der Waals surface area contributed by atoms with E-state index < -0.39 is 11.7 Å². The van der Waals surface area contributed by atoms with Crippen molar-refractivity contribution in [1.29, 1.82) is 0 Å². The highest BCUT2D eigenvalue weighted by molar-refractivity contribution is 7.12. The first-order valence-electron chi connectivity index (χ1n) is 11.4. The molecule has 0 fully saturated rings. The third-order valence-corrected chi connectivity index (χ3v) is 5.94. The Hall–Kier alpha value is -3.83. The molecule has 2 aromatic carbocycles. The van der Waals surface area contributed by atoms with E-state index >= 15 is 0 Å². The molecule has 0 bridgehead atoms. The van der Waals surface area contributed by atoms with Crippen LogP contribution in [-0.2, 0) is 6.54 Å². The Balaban J connectivity index is 1.81. The minimum Gasteiger partial charge on any atom is -0.490 e. The lowest BCUT2D eigenvalue weighted by Gasteiger charge is -2.16. The number of aromatic nitrogens is 3. The van der Waals surface area contributed by atoms with Gasteiger partial charge >= 0.3 is 0 Å². The second kappa shape index (κ2) is 10.8. The number of nitrogens with one attached hydrogen (secondary N) is 1. The fraction of sp³-hybridized carbons (Fsp3) is 0.280. The van der Waals surface area contributed by atoms with Crippen LogP contribution < -0.4 is 20.5 Å². The van der Waals surface area contributed by atoms with Gasteiger partial charge in [-0.3, -0.25) is 4.79 Å². The van der Waals surface area contributed by atoms with Crippen LogP contribution in [0.25, 0.3) is 22.2 Å². The summed E-state index contributed by atoms with van der Waals surface area (Å²) in [4.78, 5) is 27.0. The summed E-state index contributed by atoms with van der Waals surface area (Å²) in [5.41, 5.74) is 7.15. The van der Waals surface area contributed by atoms with Crippen molar-refractivity contribution in [3.05, 3.63) is 52.4 Å². The van der Waals surface area contributed by atoms with Gasteiger partial charge in [-0.1, -0.05) is 0 Å². The number of carbonyl (C=O) groups is 1. The van der Waals surface area contributed by atoms with Crippen LogP contribution in [0.3, 0.4) is 0 Å². The number of hydrogen-bond acceptors (Lipinski definition) is 9. The maximum Gasteiger partial charge on any atom is 0.277 e. The van der Waals surface area contributed by atoms with Crippen LogP contribution in [0.1, 0.15) is 29.5 Å². The summed E-state index contributed by atoms with van der Waals surface area (Å²) in [5.74, 6) is 1.20. The average molecular weight is 511 g/mol. The SMILES string of the molecule is CCOc1cc2nc(CN(C)C)nc(Nc3ccc(F)c(-c4csc(C(N)=O)n4)c3)c2cc1OCC. The van der Waals surface area contributed by atoms with Gasteiger partial charge in [0.25, 0.3) is 5.91 Å². The molecule has 0 saturated heterocycles. The predicted octanol–water partition coefficient (Wildman–Crippen LogP) is 4.59. The number of fused-ring (bicyclic) bond motifs is 1. The molecule has 0 aliphatic heterocycles. The van der Waals surface area contributed by atoms with Crippen molar-refractivity contribution in [2.75, 3.05) is 32.6 Å². The molecular weight excluding hydrogens is 483 g/mol. The number of amides is 1. The molecule has 0 atom stereocenters. The molecule has 0 spiro atoms. The number of ether oxygens (including phenoxy) is 2. The summed E-state index contributed by atoms with van der Waals surface area (Å²) >= 11 is 1.07. The van der Waals surface area contributed by atoms with E-state index in [1.54, 1.807) is 17.5 Å². The fourth-order valence-corrected chi connectivity index (χ4v) is 4.29. The zero-order chi connectivity index (χ0) is 25.8. The first-order chi connectivity index (χ1) is 17.3. The Morgan fingerprint density at radius 3 is 2.44 bits per heavy atom. The van der Waals surface area contributed by atoms with E-state index in [1.165, 1.54) is 6.07 Å². The van der Waals surface area contributed by atoms with Gasteiger partial charge in [-0.15, -0.1) is 11.3 Å². The van der Waals surface area contributed by atoms with Crippen molar-refractivity contribution in [2.45, 2.75) is 20.4 Å². The van der Waals surface area contributed by atoms with Crippen LogP contribution in [0, 0.1) is 5.82 Å². The maximum absolute atomic E-state index is 14.7. The largest absolute Gasteiger partial charge is 0.490 e. The number of nitrogens with zero attached hydrogens (tertiary/aromatic N) is 4. The molecule has 9 nitrogen and oxygen atoms in total. The lowest BCUT2D eigenvalue weighted by molar-refractivity contribution is 0.1000. The van der Waals surface area contributed by atoms with Gasteiger partial charge in [0.1, 0.15) is 17.5 Å². The zero-order valence-corrected chi connectivity index (χ0v) is 21.3. The van der Waals surface area contributed by atoms with Gasteiger partial charge in [-0.25, -0.2) is 19.3 Å². The minimum absolute atomic E-state index is 0.117. The van der Waals surface area contributed by atoms with Crippen molar-refractivity contribution in [3.63, 3.8) is 0 Å². The van der Waals surface area contributed by atoms with Crippen molar-refractivity contribution >= 4 is 39.7 Å². The van der Waals surface area contributed by atoms with Gasteiger partial charge in [0, 0.05) is 28.1 Å². The van der Waals surface area contributed by atoms with E-state index in [-0.39, 0.29) is 10.6 Å². The topological polar surface area (TPSA) is 115 Å². The van der Waals surface area contributed by atoms with E-state index in [9.17, 15) is 9.18 Å². The summed E-state index contributed by atoms with van der Waals surface area (Å²) in [5, 5.41) is 5.74. The standard InChI is InChI=1S/C25H27FN6O3S/c1-5-34-20-10-16-18(11-21(20)35-6-2)29-22(12-32(3)4)31-24(16)28-14-7-8-17(26)15(9-14)19-13-36-25(30-19)23(27)33/h7-11,13H,5-6,12H2,1-4H3,(H2,27,33)(H,28,29,31). The lowest BCUT2D eigenvalue weighted by atomic mass is 10.1. The summed E-state index contributed by atoms with van der Waals surface area (Å²) in [6, 6.07) is 8.25. The molecule has 2 heterocycles. The number of carbonyl (C=O) groups excluding carboxylic acids is 1. The smallest absolute Gasteiger partial charge is 0.277 e. The Bertz CT molecular complexity index is 1410. The highest BCUT2D eigenvalue weighted by Crippen LogP contribution is 2.36. The molecule has 0 saturated carbocycles. The summed E-state index contributed by atoms with van der Waals surface area (Å²) in [7, 11) is 3.87. The summed E-state index contributed by atoms with van der Waals surface area (Å²) in [6.07, 6.45) is 0. The van der Waals surface area contributed by atoms with E-state index in [2.05, 4.69) is 10.3 Å². The summed E-state index contributed by atoms with van der Waals surface area (Å²) < 4.78 is 26.3. The number of hydrogen-bond donors (Lipinski definition) is 2. The zero-order valence-electron chi connectivity index (χ0n) is 20.5. The predicted molar refractivity (Wildman–Crippen MR) is 139 cm³/mol. The number of nitrogens with two attached hydrogens (primary N) is 1. The monoisotopic (exact) mass is 510 g/mol. The molecule has 0 aliphatic carbocycles. The Labute approximate surface area is 212 Å². The second-order valence-corrected chi connectivity index (χ2v) is 8.99. The van der Waals surface area contributed by atoms with E-state index in [1.807, 2.05) is 45.0 Å². The van der Waals surface area contributed by atoms with Crippen LogP contribution in [0.4, 0.5) is 15.9 Å². The van der Waals surface area contributed by atoms with E-state index in [0.29, 0.717) is 59.8 Å². The van der Waals surface area contributed by atoms with Gasteiger partial charge in [0.15, 0.2) is 16.5 Å². The fourth-order valence-electron chi connectivity index (χ4n) is 3.62. The molecule has 0 unspecified atom stereocenters. The lowest BCUT2D eigenvalue weighted by Crippen LogP contribution is -2.14. The van der Waals surface area contributed by atoms with Crippen LogP contribution >= 0.6 is 11.3 Å². The first kappa shape index (κ1) is 25.3. The highest BCUT2D eigenvalue weighted by Gasteiger charge is 2.17. The van der Waals surface area contributed by atoms with Crippen molar-refractivity contribution in [2.24, 2.45) is 5.73 Å². The molecule has 2 aromatic heterocycles. The first-order valence-corrected chi connectivity index (χ1v) is 12.2. The minimum atomic E-state index is -0.654. The molecule has 4 rings (SSSR count). The Morgan fingerprint density at radius 2 is 1.81 bits per heavy atom. The van der Waals surface area contributed by atoms with Crippen molar-refractivity contribution < 1.29 is 18.7 Å². The van der Waals surface area contributed by atoms with Gasteiger partial charge in [-0.05, 0) is 52.2 Å². The van der Waals surface area contributed by atoms with Crippen LogP contribution in [-0.4, -0.2) is 53.1 Å². The number of anilines is 2. The number of thiazole rings is 1. The Morgan fingerprint density at radius 1 is 1.08 bits per heavy atom. The van der Waals surface area contributed by atoms with Gasteiger partial charge < -0.3 is 25.4 Å². The second-order valence-electron chi connectivity index (χ2n) is 8.13. The van der Waals surface area contributed by atoms with Crippen LogP contribution in [0.5, 0.6) is 11.5 Å². The molecule has 0 radical (unpaired) electrons. The molecule has 188 valence electrons. The maximum atomic E-state index is 14.7. The number of halogens is 1. The molecule has 11 heteroatoms. The molecule has 36 heavy (non-hydrogen) atoms. The van der Waals surface area contributed by atoms with E-state index in [0.717, 1.165) is 16.7 Å². The van der Waals surface area contributed by atoms with Gasteiger partial charge in [-0.2, -0.15) is 0 Å². The summed E-state index contributed by atoms with van der Waals surface area (Å²) in [6.45, 7) is 5.28. The van der Waals surface area contributed by atoms with E-state index in [4.69, 9.17) is 25.2 Å². The van der Waals surface area contributed by atoms with Gasteiger partial charge in [0.2, 0.25) is 0 Å². The van der Waals surface area contributed by atoms with Crippen molar-refractivity contribution in [3.8, 4) is 22.8 Å². The third-order valence-electron chi connectivity index (χ3n) is 5.08. The Kier molecular flexibility index (Phi) is 7.61. The quantitative estimate of drug-likeness (QED) is 0.318. The molecular formula is C25H27FN6O3S. The van der Waals surface area contributed by atoms with Crippen LogP contribution in [0.2, 0.25) is 0 Å². The number of rotatable bonds is 10. The normalized spacial score (nSPS) is 11.2. The highest BCUT2D eigenvalue weighted by atomic mass is 32.1. The van der Waals surface area contributed by atoms with Gasteiger partial charge in [0.05, 0.1) is 31.0 Å². The molecule has 4 aromatic rings. The number of primary amides is 1. The molecule has 1 amide bonds. The van der Waals surface area contributed by atoms with Crippen LogP contribution in [0.15, 0.2) is 35.7 Å². The third kappa shape index (κ3) is 5.52. The molecule has 0 aliphatic rings.